The first-order valence-electron chi connectivity index (χ1n) is 19.0. The molecule has 0 aliphatic heterocycles. The lowest BCUT2D eigenvalue weighted by Gasteiger charge is -2.13. The second-order valence-electron chi connectivity index (χ2n) is 14.5. The van der Waals surface area contributed by atoms with Crippen molar-refractivity contribution in [1.82, 2.24) is 14.5 Å². The maximum atomic E-state index is 5.47. The summed E-state index contributed by atoms with van der Waals surface area (Å²) in [5.41, 5.74) is 9.90. The molecule has 9 aromatic carbocycles. The maximum Gasteiger partial charge on any atom is 0.160 e. The Morgan fingerprint density at radius 2 is 1.02 bits per heavy atom. The number of fused-ring (bicyclic) bond motifs is 11. The van der Waals surface area contributed by atoms with Crippen LogP contribution in [0.1, 0.15) is 0 Å². The molecule has 12 aromatic rings. The highest BCUT2D eigenvalue weighted by Gasteiger charge is 2.20. The average Bonchev–Trinajstić information content (AvgIpc) is 3.82. The minimum Gasteiger partial charge on any atom is -0.309 e. The summed E-state index contributed by atoms with van der Waals surface area (Å²) in [6.07, 6.45) is 0. The van der Waals surface area contributed by atoms with Gasteiger partial charge in [0.1, 0.15) is 0 Å². The molecule has 0 spiro atoms. The largest absolute Gasteiger partial charge is 0.309 e. The Hall–Kier alpha value is -7.14. The van der Waals surface area contributed by atoms with E-state index in [1.165, 1.54) is 69.1 Å². The predicted molar refractivity (Wildman–Crippen MR) is 238 cm³/mol. The van der Waals surface area contributed by atoms with Crippen LogP contribution in [-0.4, -0.2) is 14.5 Å². The zero-order valence-electron chi connectivity index (χ0n) is 30.1. The molecule has 0 saturated carbocycles. The van der Waals surface area contributed by atoms with Crippen molar-refractivity contribution in [3.8, 4) is 39.5 Å². The van der Waals surface area contributed by atoms with E-state index in [0.717, 1.165) is 44.8 Å². The third kappa shape index (κ3) is 4.70. The SMILES string of the molecule is c1ccc(-n2c3ccccc3c3ccc(-c4ccc(-c5nc(-c6cccc7ccccc67)c6ccc7sc8ccc9ccccc9c8c7c6n5)cc4)cc32)cc1. The lowest BCUT2D eigenvalue weighted by Crippen LogP contribution is -1.96. The van der Waals surface area contributed by atoms with E-state index in [0.29, 0.717) is 0 Å². The van der Waals surface area contributed by atoms with Crippen LogP contribution in [0.15, 0.2) is 188 Å². The van der Waals surface area contributed by atoms with E-state index in [-0.39, 0.29) is 0 Å². The Morgan fingerprint density at radius 3 is 1.88 bits per heavy atom. The molecule has 0 atom stereocenters. The molecule has 0 fully saturated rings. The van der Waals surface area contributed by atoms with Crippen molar-refractivity contribution in [2.45, 2.75) is 0 Å². The van der Waals surface area contributed by atoms with Crippen molar-refractivity contribution in [3.05, 3.63) is 188 Å². The molecule has 0 unspecified atom stereocenters. The first kappa shape index (κ1) is 31.2. The smallest absolute Gasteiger partial charge is 0.160 e. The highest BCUT2D eigenvalue weighted by molar-refractivity contribution is 7.26. The number of thiophene rings is 1. The van der Waals surface area contributed by atoms with Gasteiger partial charge in [-0.2, -0.15) is 0 Å². The standard InChI is InChI=1S/C52H31N3S/c1-2-14-37(15-3-1)55-44-20-9-8-18-40(44)41-27-25-36(31-45(41)55)32-21-23-35(24-22-32)52-53-50(42-19-10-13-33-11-4-6-16-38(33)42)43-28-30-47-49(51(43)54-52)48-39-17-7-5-12-34(39)26-29-46(48)56-47/h1-31H. The molecule has 0 saturated heterocycles. The van der Waals surface area contributed by atoms with E-state index < -0.39 is 0 Å². The summed E-state index contributed by atoms with van der Waals surface area (Å²) in [5.74, 6) is 0.721. The number of hydrogen-bond donors (Lipinski definition) is 0. The zero-order valence-corrected chi connectivity index (χ0v) is 31.0. The fourth-order valence-electron chi connectivity index (χ4n) is 8.80. The van der Waals surface area contributed by atoms with Crippen molar-refractivity contribution >= 4 is 85.8 Å². The van der Waals surface area contributed by atoms with Crippen molar-refractivity contribution in [1.29, 1.82) is 0 Å². The van der Waals surface area contributed by atoms with Crippen LogP contribution in [-0.2, 0) is 0 Å². The first-order chi connectivity index (χ1) is 27.8. The molecule has 0 aliphatic rings. The summed E-state index contributed by atoms with van der Waals surface area (Å²) < 4.78 is 4.87. The van der Waals surface area contributed by atoms with Crippen LogP contribution >= 0.6 is 11.3 Å². The maximum absolute atomic E-state index is 5.47. The summed E-state index contributed by atoms with van der Waals surface area (Å²) in [7, 11) is 0. The molecule has 4 heteroatoms. The number of benzene rings is 9. The van der Waals surface area contributed by atoms with Gasteiger partial charge in [-0.15, -0.1) is 11.3 Å². The molecule has 260 valence electrons. The van der Waals surface area contributed by atoms with Gasteiger partial charge >= 0.3 is 0 Å². The van der Waals surface area contributed by atoms with Crippen molar-refractivity contribution < 1.29 is 0 Å². The monoisotopic (exact) mass is 729 g/mol. The van der Waals surface area contributed by atoms with Gasteiger partial charge in [0.2, 0.25) is 0 Å². The van der Waals surface area contributed by atoms with Gasteiger partial charge in [-0.3, -0.25) is 0 Å². The Bertz CT molecular complexity index is 3520. The third-order valence-electron chi connectivity index (χ3n) is 11.4. The van der Waals surface area contributed by atoms with E-state index in [2.05, 4.69) is 193 Å². The summed E-state index contributed by atoms with van der Waals surface area (Å²) in [5, 5.41) is 10.9. The Balaban J connectivity index is 1.07. The van der Waals surface area contributed by atoms with E-state index >= 15 is 0 Å². The number of rotatable bonds is 4. The molecular weight excluding hydrogens is 699 g/mol. The fraction of sp³-hybridized carbons (Fsp3) is 0. The first-order valence-corrected chi connectivity index (χ1v) is 19.8. The normalized spacial score (nSPS) is 11.9. The molecule has 0 amide bonds. The quantitative estimate of drug-likeness (QED) is 0.181. The van der Waals surface area contributed by atoms with Crippen LogP contribution in [0.3, 0.4) is 0 Å². The molecule has 12 rings (SSSR count). The van der Waals surface area contributed by atoms with Gasteiger partial charge in [0.15, 0.2) is 5.82 Å². The minimum atomic E-state index is 0.721. The molecule has 3 heterocycles. The summed E-state index contributed by atoms with van der Waals surface area (Å²) in [6, 6.07) is 67.7. The summed E-state index contributed by atoms with van der Waals surface area (Å²) in [4.78, 5) is 10.9. The highest BCUT2D eigenvalue weighted by atomic mass is 32.1. The van der Waals surface area contributed by atoms with E-state index in [9.17, 15) is 0 Å². The second kappa shape index (κ2) is 12.2. The molecule has 56 heavy (non-hydrogen) atoms. The lowest BCUT2D eigenvalue weighted by molar-refractivity contribution is 1.18. The van der Waals surface area contributed by atoms with Gasteiger partial charge < -0.3 is 4.57 Å². The van der Waals surface area contributed by atoms with Crippen LogP contribution in [0.25, 0.3) is 114 Å². The van der Waals surface area contributed by atoms with Gasteiger partial charge in [-0.1, -0.05) is 146 Å². The van der Waals surface area contributed by atoms with Crippen LogP contribution in [0, 0.1) is 0 Å². The number of para-hydroxylation sites is 2. The molecular formula is C52H31N3S. The molecule has 3 aromatic heterocycles. The van der Waals surface area contributed by atoms with Gasteiger partial charge in [0.05, 0.1) is 22.2 Å². The van der Waals surface area contributed by atoms with Crippen molar-refractivity contribution in [2.75, 3.05) is 0 Å². The van der Waals surface area contributed by atoms with Crippen LogP contribution < -0.4 is 0 Å². The summed E-state index contributed by atoms with van der Waals surface area (Å²) in [6.45, 7) is 0. The zero-order chi connectivity index (χ0) is 36.7. The fourth-order valence-corrected chi connectivity index (χ4v) is 9.92. The Kier molecular flexibility index (Phi) is 6.80. The second-order valence-corrected chi connectivity index (χ2v) is 15.6. The van der Waals surface area contributed by atoms with Gasteiger partial charge in [0.25, 0.3) is 0 Å². The van der Waals surface area contributed by atoms with Crippen LogP contribution in [0.4, 0.5) is 0 Å². The highest BCUT2D eigenvalue weighted by Crippen LogP contribution is 2.44. The average molecular weight is 730 g/mol. The van der Waals surface area contributed by atoms with Crippen molar-refractivity contribution in [2.24, 2.45) is 0 Å². The summed E-state index contributed by atoms with van der Waals surface area (Å²) >= 11 is 1.84. The molecule has 0 radical (unpaired) electrons. The topological polar surface area (TPSA) is 30.7 Å². The van der Waals surface area contributed by atoms with E-state index in [4.69, 9.17) is 9.97 Å². The predicted octanol–water partition coefficient (Wildman–Crippen LogP) is 14.4. The molecule has 3 nitrogen and oxygen atoms in total. The van der Waals surface area contributed by atoms with Crippen LogP contribution in [0.5, 0.6) is 0 Å². The van der Waals surface area contributed by atoms with Crippen LogP contribution in [0.2, 0.25) is 0 Å². The van der Waals surface area contributed by atoms with E-state index in [1.807, 2.05) is 11.3 Å². The number of hydrogen-bond acceptors (Lipinski definition) is 3. The Morgan fingerprint density at radius 1 is 0.393 bits per heavy atom. The van der Waals surface area contributed by atoms with Crippen molar-refractivity contribution in [3.63, 3.8) is 0 Å². The van der Waals surface area contributed by atoms with Gasteiger partial charge in [-0.25, -0.2) is 9.97 Å². The molecule has 0 bridgehead atoms. The Labute approximate surface area is 326 Å². The molecule has 0 N–H and O–H groups in total. The van der Waals surface area contributed by atoms with Gasteiger partial charge in [0, 0.05) is 53.1 Å². The molecule has 0 aliphatic carbocycles. The minimum absolute atomic E-state index is 0.721. The van der Waals surface area contributed by atoms with E-state index in [1.54, 1.807) is 0 Å². The number of aromatic nitrogens is 3. The number of nitrogens with zero attached hydrogens (tertiary/aromatic N) is 3. The lowest BCUT2D eigenvalue weighted by atomic mass is 9.97. The van der Waals surface area contributed by atoms with Gasteiger partial charge in [-0.05, 0) is 75.1 Å². The third-order valence-corrected chi connectivity index (χ3v) is 12.5.